The summed E-state index contributed by atoms with van der Waals surface area (Å²) < 4.78 is 5.06. The van der Waals surface area contributed by atoms with Gasteiger partial charge in [-0.1, -0.05) is 48.0 Å². The van der Waals surface area contributed by atoms with Crippen LogP contribution in [0.25, 0.3) is 10.6 Å². The molecule has 7 heteroatoms. The third-order valence-corrected chi connectivity index (χ3v) is 5.26. The molecule has 0 aliphatic rings. The van der Waals surface area contributed by atoms with E-state index in [9.17, 15) is 9.59 Å². The van der Waals surface area contributed by atoms with E-state index in [4.69, 9.17) is 16.3 Å². The van der Waals surface area contributed by atoms with Gasteiger partial charge in [0.1, 0.15) is 5.01 Å². The second-order valence-electron chi connectivity index (χ2n) is 6.15. The number of carbonyl (C=O) groups excluding carboxylic acids is 2. The predicted molar refractivity (Wildman–Crippen MR) is 111 cm³/mol. The molecule has 2 aromatic carbocycles. The van der Waals surface area contributed by atoms with E-state index in [0.29, 0.717) is 16.6 Å². The van der Waals surface area contributed by atoms with Crippen molar-refractivity contribution in [3.05, 3.63) is 75.8 Å². The zero-order valence-electron chi connectivity index (χ0n) is 15.3. The van der Waals surface area contributed by atoms with Crippen LogP contribution < -0.4 is 5.32 Å². The van der Waals surface area contributed by atoms with Gasteiger partial charge >= 0.3 is 5.97 Å². The normalized spacial score (nSPS) is 10.5. The van der Waals surface area contributed by atoms with Gasteiger partial charge in [0.2, 0.25) is 0 Å². The standard InChI is InChI=1S/C21H19ClN2O3S/c1-14-4-2-3-5-15(14)10-11-23-19(25)12-27-21(26)18-13-28-20(24-18)16-6-8-17(22)9-7-16/h2-9,13H,10-12H2,1H3,(H,23,25). The molecule has 0 aliphatic carbocycles. The molecule has 0 saturated carbocycles. The van der Waals surface area contributed by atoms with Crippen molar-refractivity contribution in [2.24, 2.45) is 0 Å². The van der Waals surface area contributed by atoms with Gasteiger partial charge in [0.05, 0.1) is 0 Å². The van der Waals surface area contributed by atoms with E-state index < -0.39 is 5.97 Å². The Morgan fingerprint density at radius 3 is 2.64 bits per heavy atom. The van der Waals surface area contributed by atoms with Crippen LogP contribution in [0.1, 0.15) is 21.6 Å². The number of hydrogen-bond donors (Lipinski definition) is 1. The number of aromatic nitrogens is 1. The summed E-state index contributed by atoms with van der Waals surface area (Å²) in [5, 5.41) is 5.69. The van der Waals surface area contributed by atoms with Crippen LogP contribution in [0.15, 0.2) is 53.9 Å². The maximum atomic E-state index is 12.1. The second-order valence-corrected chi connectivity index (χ2v) is 7.44. The van der Waals surface area contributed by atoms with Crippen LogP contribution in [0, 0.1) is 6.92 Å². The topological polar surface area (TPSA) is 68.3 Å². The Morgan fingerprint density at radius 2 is 1.89 bits per heavy atom. The van der Waals surface area contributed by atoms with Crippen molar-refractivity contribution in [1.29, 1.82) is 0 Å². The van der Waals surface area contributed by atoms with Crippen molar-refractivity contribution >= 4 is 34.8 Å². The van der Waals surface area contributed by atoms with Gasteiger partial charge in [0.15, 0.2) is 12.3 Å². The van der Waals surface area contributed by atoms with Crippen molar-refractivity contribution in [3.63, 3.8) is 0 Å². The number of halogens is 1. The molecule has 1 heterocycles. The first-order valence-corrected chi connectivity index (χ1v) is 9.98. The Hall–Kier alpha value is -2.70. The predicted octanol–water partition coefficient (Wildman–Crippen LogP) is 4.29. The molecule has 0 unspecified atom stereocenters. The molecule has 144 valence electrons. The highest BCUT2D eigenvalue weighted by Crippen LogP contribution is 2.25. The van der Waals surface area contributed by atoms with Gasteiger partial charge in [-0.2, -0.15) is 0 Å². The van der Waals surface area contributed by atoms with E-state index in [1.807, 2.05) is 43.3 Å². The van der Waals surface area contributed by atoms with E-state index in [0.717, 1.165) is 12.0 Å². The van der Waals surface area contributed by atoms with Crippen LogP contribution in [0.5, 0.6) is 0 Å². The molecule has 0 fully saturated rings. The highest BCUT2D eigenvalue weighted by molar-refractivity contribution is 7.13. The molecule has 1 N–H and O–H groups in total. The largest absolute Gasteiger partial charge is 0.451 e. The lowest BCUT2D eigenvalue weighted by Gasteiger charge is -2.07. The Labute approximate surface area is 172 Å². The lowest BCUT2D eigenvalue weighted by Crippen LogP contribution is -2.30. The summed E-state index contributed by atoms with van der Waals surface area (Å²) in [6.45, 7) is 2.18. The van der Waals surface area contributed by atoms with Crippen molar-refractivity contribution in [1.82, 2.24) is 10.3 Å². The first-order valence-electron chi connectivity index (χ1n) is 8.73. The number of rotatable bonds is 7. The molecule has 3 rings (SSSR count). The Morgan fingerprint density at radius 1 is 1.14 bits per heavy atom. The number of aryl methyl sites for hydroxylation is 1. The SMILES string of the molecule is Cc1ccccc1CCNC(=O)COC(=O)c1csc(-c2ccc(Cl)cc2)n1. The fraction of sp³-hybridized carbons (Fsp3) is 0.190. The molecule has 1 amide bonds. The van der Waals surface area contributed by atoms with Gasteiger partial charge in [0, 0.05) is 22.5 Å². The first kappa shape index (κ1) is 20.0. The van der Waals surface area contributed by atoms with Gasteiger partial charge in [-0.25, -0.2) is 9.78 Å². The quantitative estimate of drug-likeness (QED) is 0.585. The molecule has 0 saturated heterocycles. The summed E-state index contributed by atoms with van der Waals surface area (Å²) in [5.41, 5.74) is 3.41. The zero-order valence-corrected chi connectivity index (χ0v) is 16.8. The fourth-order valence-electron chi connectivity index (χ4n) is 2.58. The Kier molecular flexibility index (Phi) is 6.79. The third kappa shape index (κ3) is 5.41. The third-order valence-electron chi connectivity index (χ3n) is 4.12. The number of nitrogens with one attached hydrogen (secondary N) is 1. The van der Waals surface area contributed by atoms with Gasteiger partial charge < -0.3 is 10.1 Å². The van der Waals surface area contributed by atoms with Gasteiger partial charge in [-0.05, 0) is 36.6 Å². The Bertz CT molecular complexity index is 970. The number of nitrogens with zero attached hydrogens (tertiary/aromatic N) is 1. The summed E-state index contributed by atoms with van der Waals surface area (Å²) in [7, 11) is 0. The highest BCUT2D eigenvalue weighted by atomic mass is 35.5. The molecular weight excluding hydrogens is 396 g/mol. The van der Waals surface area contributed by atoms with E-state index in [-0.39, 0.29) is 18.2 Å². The van der Waals surface area contributed by atoms with Crippen molar-refractivity contribution in [2.45, 2.75) is 13.3 Å². The number of thiazole rings is 1. The first-order chi connectivity index (χ1) is 13.5. The summed E-state index contributed by atoms with van der Waals surface area (Å²) in [6.07, 6.45) is 0.725. The summed E-state index contributed by atoms with van der Waals surface area (Å²) in [4.78, 5) is 28.3. The van der Waals surface area contributed by atoms with Crippen LogP contribution in [-0.2, 0) is 16.0 Å². The van der Waals surface area contributed by atoms with Crippen LogP contribution in [0.4, 0.5) is 0 Å². The summed E-state index contributed by atoms with van der Waals surface area (Å²) in [5.74, 6) is -0.958. The lowest BCUT2D eigenvalue weighted by atomic mass is 10.1. The number of hydrogen-bond acceptors (Lipinski definition) is 5. The maximum absolute atomic E-state index is 12.1. The van der Waals surface area contributed by atoms with Crippen LogP contribution in [0.2, 0.25) is 5.02 Å². The molecule has 0 bridgehead atoms. The van der Waals surface area contributed by atoms with Gasteiger partial charge in [-0.3, -0.25) is 4.79 Å². The number of ether oxygens (including phenoxy) is 1. The molecule has 0 aliphatic heterocycles. The average Bonchev–Trinajstić information content (AvgIpc) is 3.18. The molecule has 1 aromatic heterocycles. The van der Waals surface area contributed by atoms with Crippen molar-refractivity contribution < 1.29 is 14.3 Å². The van der Waals surface area contributed by atoms with E-state index in [1.54, 1.807) is 17.5 Å². The molecular formula is C21H19ClN2O3S. The minimum Gasteiger partial charge on any atom is -0.451 e. The minimum absolute atomic E-state index is 0.183. The van der Waals surface area contributed by atoms with E-state index in [1.165, 1.54) is 22.5 Å². The van der Waals surface area contributed by atoms with Gasteiger partial charge in [-0.15, -0.1) is 11.3 Å². The molecule has 0 radical (unpaired) electrons. The smallest absolute Gasteiger partial charge is 0.358 e. The molecule has 3 aromatic rings. The Balaban J connectivity index is 1.45. The fourth-order valence-corrected chi connectivity index (χ4v) is 3.50. The van der Waals surface area contributed by atoms with E-state index in [2.05, 4.69) is 10.3 Å². The molecule has 28 heavy (non-hydrogen) atoms. The number of esters is 1. The number of benzene rings is 2. The summed E-state index contributed by atoms with van der Waals surface area (Å²) >= 11 is 7.20. The molecule has 0 spiro atoms. The summed E-state index contributed by atoms with van der Waals surface area (Å²) in [6, 6.07) is 15.2. The molecule has 5 nitrogen and oxygen atoms in total. The average molecular weight is 415 g/mol. The monoisotopic (exact) mass is 414 g/mol. The van der Waals surface area contributed by atoms with Crippen LogP contribution in [0.3, 0.4) is 0 Å². The molecule has 0 atom stereocenters. The zero-order chi connectivity index (χ0) is 19.9. The van der Waals surface area contributed by atoms with Crippen molar-refractivity contribution in [3.8, 4) is 10.6 Å². The maximum Gasteiger partial charge on any atom is 0.358 e. The number of amides is 1. The van der Waals surface area contributed by atoms with Crippen molar-refractivity contribution in [2.75, 3.05) is 13.2 Å². The van der Waals surface area contributed by atoms with Crippen LogP contribution >= 0.6 is 22.9 Å². The lowest BCUT2D eigenvalue weighted by molar-refractivity contribution is -0.124. The minimum atomic E-state index is -0.620. The van der Waals surface area contributed by atoms with E-state index >= 15 is 0 Å². The second kappa shape index (κ2) is 9.48. The number of carbonyl (C=O) groups is 2. The van der Waals surface area contributed by atoms with Crippen LogP contribution in [-0.4, -0.2) is 30.0 Å². The highest BCUT2D eigenvalue weighted by Gasteiger charge is 2.15. The van der Waals surface area contributed by atoms with Gasteiger partial charge in [0.25, 0.3) is 5.91 Å².